The predicted molar refractivity (Wildman–Crippen MR) is 92.7 cm³/mol. The maximum absolute atomic E-state index is 13.0. The smallest absolute Gasteiger partial charge is 0.435 e. The molecule has 0 bridgehead atoms. The van der Waals surface area contributed by atoms with E-state index < -0.39 is 11.9 Å². The highest BCUT2D eigenvalue weighted by molar-refractivity contribution is 9.10. The molecule has 1 aromatic carbocycles. The van der Waals surface area contributed by atoms with Crippen molar-refractivity contribution in [1.29, 1.82) is 0 Å². The predicted octanol–water partition coefficient (Wildman–Crippen LogP) is 4.25. The van der Waals surface area contributed by atoms with Gasteiger partial charge in [0, 0.05) is 18.3 Å². The van der Waals surface area contributed by atoms with Gasteiger partial charge in [-0.15, -0.1) is 6.42 Å². The Hall–Kier alpha value is -3.06. The molecule has 0 amide bonds. The average molecular weight is 439 g/mol. The second-order valence-corrected chi connectivity index (χ2v) is 5.85. The van der Waals surface area contributed by atoms with E-state index in [0.29, 0.717) is 10.2 Å². The molecular weight excluding hydrogens is 429 g/mol. The van der Waals surface area contributed by atoms with Gasteiger partial charge >= 0.3 is 6.18 Å². The lowest BCUT2D eigenvalue weighted by Gasteiger charge is -2.09. The van der Waals surface area contributed by atoms with Gasteiger partial charge in [0.15, 0.2) is 12.3 Å². The number of para-hydroxylation sites is 1. The Morgan fingerprint density at radius 2 is 2.00 bits per heavy atom. The van der Waals surface area contributed by atoms with E-state index in [4.69, 9.17) is 15.9 Å². The number of aromatic nitrogens is 4. The first-order chi connectivity index (χ1) is 12.9. The number of benzene rings is 1. The highest BCUT2D eigenvalue weighted by atomic mass is 79.9. The molecule has 2 heterocycles. The van der Waals surface area contributed by atoms with Crippen molar-refractivity contribution in [2.75, 3.05) is 6.61 Å². The van der Waals surface area contributed by atoms with Gasteiger partial charge in [0.25, 0.3) is 5.95 Å². The van der Waals surface area contributed by atoms with Gasteiger partial charge in [0.1, 0.15) is 5.75 Å². The molecule has 0 saturated carbocycles. The maximum Gasteiger partial charge on any atom is 0.435 e. The lowest BCUT2D eigenvalue weighted by Crippen LogP contribution is -2.10. The van der Waals surface area contributed by atoms with Gasteiger partial charge in [-0.1, -0.05) is 18.1 Å². The van der Waals surface area contributed by atoms with Crippen LogP contribution in [0.1, 0.15) is 5.69 Å². The zero-order chi connectivity index (χ0) is 19.4. The van der Waals surface area contributed by atoms with Gasteiger partial charge in [0.2, 0.25) is 11.8 Å². The quantitative estimate of drug-likeness (QED) is 0.557. The standard InChI is InChI=1S/C17H10BrF3N4O2/c1-2-9-26-15-10-13(17(19,20)21)24-25(15)16-22-8-7-14(23-16)27-12-6-4-3-5-11(12)18/h1,3-8,10H,9H2. The molecule has 0 saturated heterocycles. The Balaban J connectivity index is 1.97. The van der Waals surface area contributed by atoms with E-state index >= 15 is 0 Å². The van der Waals surface area contributed by atoms with Crippen molar-refractivity contribution in [3.8, 4) is 35.8 Å². The minimum Gasteiger partial charge on any atom is -0.464 e. The first-order valence-corrected chi connectivity index (χ1v) is 8.17. The van der Waals surface area contributed by atoms with Crippen LogP contribution in [0.5, 0.6) is 17.5 Å². The number of alkyl halides is 3. The van der Waals surface area contributed by atoms with Crippen LogP contribution >= 0.6 is 15.9 Å². The van der Waals surface area contributed by atoms with Crippen molar-refractivity contribution in [3.63, 3.8) is 0 Å². The summed E-state index contributed by atoms with van der Waals surface area (Å²) in [6, 6.07) is 9.22. The van der Waals surface area contributed by atoms with Crippen LogP contribution in [0.2, 0.25) is 0 Å². The number of halogens is 4. The van der Waals surface area contributed by atoms with Crippen molar-refractivity contribution in [3.05, 3.63) is 52.8 Å². The fraction of sp³-hybridized carbons (Fsp3) is 0.118. The maximum atomic E-state index is 13.0. The Morgan fingerprint density at radius 3 is 2.70 bits per heavy atom. The zero-order valence-electron chi connectivity index (χ0n) is 13.4. The summed E-state index contributed by atoms with van der Waals surface area (Å²) >= 11 is 3.33. The minimum atomic E-state index is -4.66. The van der Waals surface area contributed by atoms with E-state index in [0.717, 1.165) is 10.7 Å². The van der Waals surface area contributed by atoms with Crippen LogP contribution in [0.4, 0.5) is 13.2 Å². The van der Waals surface area contributed by atoms with Crippen molar-refractivity contribution < 1.29 is 22.6 Å². The molecule has 10 heteroatoms. The summed E-state index contributed by atoms with van der Waals surface area (Å²) in [4.78, 5) is 8.03. The molecule has 0 atom stereocenters. The van der Waals surface area contributed by atoms with E-state index in [1.165, 1.54) is 12.3 Å². The van der Waals surface area contributed by atoms with Gasteiger partial charge < -0.3 is 9.47 Å². The van der Waals surface area contributed by atoms with Crippen LogP contribution in [-0.2, 0) is 6.18 Å². The van der Waals surface area contributed by atoms with E-state index in [2.05, 4.69) is 36.9 Å². The highest BCUT2D eigenvalue weighted by Gasteiger charge is 2.36. The monoisotopic (exact) mass is 438 g/mol. The van der Waals surface area contributed by atoms with Gasteiger partial charge in [-0.05, 0) is 28.1 Å². The van der Waals surface area contributed by atoms with Gasteiger partial charge in [-0.2, -0.15) is 27.9 Å². The molecule has 6 nitrogen and oxygen atoms in total. The number of nitrogens with zero attached hydrogens (tertiary/aromatic N) is 4. The number of ether oxygens (including phenoxy) is 2. The molecule has 0 radical (unpaired) electrons. The first-order valence-electron chi connectivity index (χ1n) is 7.38. The lowest BCUT2D eigenvalue weighted by atomic mass is 10.3. The SMILES string of the molecule is C#CCOc1cc(C(F)(F)F)nn1-c1nccc(Oc2ccccc2Br)n1. The minimum absolute atomic E-state index is 0.110. The zero-order valence-corrected chi connectivity index (χ0v) is 15.0. The molecule has 0 spiro atoms. The molecule has 138 valence electrons. The van der Waals surface area contributed by atoms with E-state index in [1.807, 2.05) is 0 Å². The third-order valence-electron chi connectivity index (χ3n) is 3.13. The average Bonchev–Trinajstić information content (AvgIpc) is 3.07. The van der Waals surface area contributed by atoms with Crippen LogP contribution in [0.15, 0.2) is 47.1 Å². The lowest BCUT2D eigenvalue weighted by molar-refractivity contribution is -0.141. The summed E-state index contributed by atoms with van der Waals surface area (Å²) in [7, 11) is 0. The number of hydrogen-bond donors (Lipinski definition) is 0. The largest absolute Gasteiger partial charge is 0.464 e. The molecule has 0 aliphatic heterocycles. The van der Waals surface area contributed by atoms with E-state index in [9.17, 15) is 13.2 Å². The molecule has 0 N–H and O–H groups in total. The molecule has 0 fully saturated rings. The molecule has 0 aliphatic rings. The van der Waals surface area contributed by atoms with Crippen molar-refractivity contribution >= 4 is 15.9 Å². The summed E-state index contributed by atoms with van der Waals surface area (Å²) in [6.45, 7) is -0.240. The Kier molecular flexibility index (Phi) is 5.32. The van der Waals surface area contributed by atoms with Crippen molar-refractivity contribution in [2.45, 2.75) is 6.18 Å². The number of terminal acetylenes is 1. The topological polar surface area (TPSA) is 62.1 Å². The summed E-state index contributed by atoms with van der Waals surface area (Å²) in [5.74, 6) is 2.36. The van der Waals surface area contributed by atoms with Crippen LogP contribution in [-0.4, -0.2) is 26.4 Å². The third-order valence-corrected chi connectivity index (χ3v) is 3.78. The summed E-state index contributed by atoms with van der Waals surface area (Å²) in [5.41, 5.74) is -1.16. The normalized spacial score (nSPS) is 11.1. The van der Waals surface area contributed by atoms with Gasteiger partial charge in [0.05, 0.1) is 4.47 Å². The van der Waals surface area contributed by atoms with E-state index in [-0.39, 0.29) is 24.3 Å². The molecule has 2 aromatic heterocycles. The van der Waals surface area contributed by atoms with Crippen LogP contribution in [0.3, 0.4) is 0 Å². The molecule has 3 aromatic rings. The fourth-order valence-corrected chi connectivity index (χ4v) is 2.36. The highest BCUT2D eigenvalue weighted by Crippen LogP contribution is 2.32. The summed E-state index contributed by atoms with van der Waals surface area (Å²) in [6.07, 6.45) is 1.76. The van der Waals surface area contributed by atoms with Gasteiger partial charge in [-0.25, -0.2) is 4.98 Å². The van der Waals surface area contributed by atoms with Crippen molar-refractivity contribution in [1.82, 2.24) is 19.7 Å². The molecular formula is C17H10BrF3N4O2. The Labute approximate surface area is 160 Å². The van der Waals surface area contributed by atoms with Crippen LogP contribution in [0, 0.1) is 12.3 Å². The van der Waals surface area contributed by atoms with Gasteiger partial charge in [-0.3, -0.25) is 0 Å². The summed E-state index contributed by atoms with van der Waals surface area (Å²) in [5, 5.41) is 3.48. The first kappa shape index (κ1) is 18.7. The molecule has 0 aliphatic carbocycles. The van der Waals surface area contributed by atoms with E-state index in [1.54, 1.807) is 24.3 Å². The second kappa shape index (κ2) is 7.67. The fourth-order valence-electron chi connectivity index (χ4n) is 2.00. The Bertz CT molecular complexity index is 998. The van der Waals surface area contributed by atoms with Crippen LogP contribution < -0.4 is 9.47 Å². The van der Waals surface area contributed by atoms with Crippen LogP contribution in [0.25, 0.3) is 5.95 Å². The third kappa shape index (κ3) is 4.38. The number of hydrogen-bond acceptors (Lipinski definition) is 5. The molecule has 3 rings (SSSR count). The number of rotatable bonds is 5. The molecule has 0 unspecified atom stereocenters. The second-order valence-electron chi connectivity index (χ2n) is 5.00. The summed E-state index contributed by atoms with van der Waals surface area (Å²) < 4.78 is 51.2. The molecule has 27 heavy (non-hydrogen) atoms. The Morgan fingerprint density at radius 1 is 1.22 bits per heavy atom. The van der Waals surface area contributed by atoms with Crippen molar-refractivity contribution in [2.24, 2.45) is 0 Å².